The number of amides is 1. The molecule has 0 atom stereocenters. The van der Waals surface area contributed by atoms with Gasteiger partial charge in [0.1, 0.15) is 17.8 Å². The van der Waals surface area contributed by atoms with Gasteiger partial charge in [-0.2, -0.15) is 0 Å². The normalized spacial score (nSPS) is 17.6. The van der Waals surface area contributed by atoms with Gasteiger partial charge >= 0.3 is 12.1 Å². The lowest BCUT2D eigenvalue weighted by Crippen LogP contribution is -2.64. The summed E-state index contributed by atoms with van der Waals surface area (Å²) in [4.78, 5) is 24.3. The van der Waals surface area contributed by atoms with Crippen molar-refractivity contribution in [2.24, 2.45) is 0 Å². The van der Waals surface area contributed by atoms with Crippen molar-refractivity contribution in [3.05, 3.63) is 0 Å². The van der Waals surface area contributed by atoms with Crippen LogP contribution < -0.4 is 0 Å². The van der Waals surface area contributed by atoms with Gasteiger partial charge in [0.05, 0.1) is 13.1 Å². The number of esters is 1. The Kier molecular flexibility index (Phi) is 5.04. The lowest BCUT2D eigenvalue weighted by Gasteiger charge is -2.47. The molecule has 110 valence electrons. The Morgan fingerprint density at radius 3 is 2.37 bits per heavy atom. The minimum atomic E-state index is -0.539. The minimum Gasteiger partial charge on any atom is -0.448 e. The Morgan fingerprint density at radius 1 is 1.32 bits per heavy atom. The van der Waals surface area contributed by atoms with E-state index in [4.69, 9.17) is 21.1 Å². The number of halogens is 1. The molecule has 0 saturated carbocycles. The number of hydrogen-bond acceptors (Lipinski definition) is 5. The first kappa shape index (κ1) is 16.0. The lowest BCUT2D eigenvalue weighted by molar-refractivity contribution is -0.166. The van der Waals surface area contributed by atoms with Gasteiger partial charge in [-0.15, -0.1) is 0 Å². The maximum absolute atomic E-state index is 11.7. The molecule has 0 bridgehead atoms. The van der Waals surface area contributed by atoms with E-state index in [1.54, 1.807) is 0 Å². The van der Waals surface area contributed by atoms with Crippen LogP contribution in [-0.2, 0) is 19.0 Å². The van der Waals surface area contributed by atoms with Crippen LogP contribution in [0.25, 0.3) is 0 Å². The topological polar surface area (TPSA) is 65.1 Å². The van der Waals surface area contributed by atoms with Crippen molar-refractivity contribution in [1.29, 1.82) is 0 Å². The summed E-state index contributed by atoms with van der Waals surface area (Å²) >= 11 is 5.25. The molecule has 1 aliphatic rings. The van der Waals surface area contributed by atoms with Crippen molar-refractivity contribution < 1.29 is 23.8 Å². The highest BCUT2D eigenvalue weighted by atomic mass is 35.5. The average Bonchev–Trinajstić information content (AvgIpc) is 2.20. The van der Waals surface area contributed by atoms with Gasteiger partial charge in [0.15, 0.2) is 6.07 Å². The molecule has 0 aromatic carbocycles. The van der Waals surface area contributed by atoms with Crippen LogP contribution in [0.1, 0.15) is 27.7 Å². The van der Waals surface area contributed by atoms with E-state index >= 15 is 0 Å². The van der Waals surface area contributed by atoms with Gasteiger partial charge in [-0.05, 0) is 27.7 Å². The van der Waals surface area contributed by atoms with E-state index in [0.717, 1.165) is 0 Å². The first-order valence-corrected chi connectivity index (χ1v) is 6.52. The molecular formula is C12H20ClNO5. The molecule has 1 aliphatic heterocycles. The highest BCUT2D eigenvalue weighted by Crippen LogP contribution is 2.26. The highest BCUT2D eigenvalue weighted by Gasteiger charge is 2.44. The van der Waals surface area contributed by atoms with Crippen molar-refractivity contribution in [1.82, 2.24) is 4.90 Å². The Bertz CT molecular complexity index is 347. The molecule has 1 heterocycles. The van der Waals surface area contributed by atoms with Crippen LogP contribution in [0, 0.1) is 0 Å². The van der Waals surface area contributed by atoms with Gasteiger partial charge in [0.25, 0.3) is 0 Å². The molecular weight excluding hydrogens is 274 g/mol. The van der Waals surface area contributed by atoms with Gasteiger partial charge in [0, 0.05) is 0 Å². The predicted molar refractivity (Wildman–Crippen MR) is 69.0 cm³/mol. The Balaban J connectivity index is 2.31. The zero-order valence-corrected chi connectivity index (χ0v) is 12.5. The van der Waals surface area contributed by atoms with E-state index in [1.807, 2.05) is 27.7 Å². The monoisotopic (exact) mass is 293 g/mol. The quantitative estimate of drug-likeness (QED) is 0.584. The summed E-state index contributed by atoms with van der Waals surface area (Å²) in [6.07, 6.45) is -0.378. The molecule has 0 N–H and O–H groups in total. The summed E-state index contributed by atoms with van der Waals surface area (Å²) in [6.45, 7) is 7.84. The van der Waals surface area contributed by atoms with Gasteiger partial charge < -0.3 is 19.1 Å². The van der Waals surface area contributed by atoms with Gasteiger partial charge in [-0.3, -0.25) is 0 Å². The van der Waals surface area contributed by atoms with Crippen molar-refractivity contribution >= 4 is 23.7 Å². The molecule has 6 nitrogen and oxygen atoms in total. The van der Waals surface area contributed by atoms with Crippen molar-refractivity contribution in [3.8, 4) is 0 Å². The zero-order valence-electron chi connectivity index (χ0n) is 11.7. The van der Waals surface area contributed by atoms with E-state index in [0.29, 0.717) is 13.1 Å². The summed E-state index contributed by atoms with van der Waals surface area (Å²) in [5, 5.41) is 0. The molecule has 0 aromatic heterocycles. The van der Waals surface area contributed by atoms with E-state index in [9.17, 15) is 9.59 Å². The third kappa shape index (κ3) is 5.24. The maximum Gasteiger partial charge on any atom is 0.410 e. The molecule has 0 unspecified atom stereocenters. The maximum atomic E-state index is 11.7. The first-order chi connectivity index (χ1) is 8.65. The van der Waals surface area contributed by atoms with Crippen molar-refractivity contribution in [3.63, 3.8) is 0 Å². The summed E-state index contributed by atoms with van der Waals surface area (Å²) in [6, 6.07) is -0.192. The molecule has 19 heavy (non-hydrogen) atoms. The summed E-state index contributed by atoms with van der Waals surface area (Å²) in [5.41, 5.74) is -1.06. The average molecular weight is 294 g/mol. The minimum absolute atomic E-state index is 0.175. The fraction of sp³-hybridized carbons (Fsp3) is 0.833. The molecule has 7 heteroatoms. The van der Waals surface area contributed by atoms with Gasteiger partial charge in [-0.25, -0.2) is 9.59 Å². The van der Waals surface area contributed by atoms with Crippen molar-refractivity contribution in [2.45, 2.75) is 38.9 Å². The molecule has 1 saturated heterocycles. The van der Waals surface area contributed by atoms with E-state index in [2.05, 4.69) is 4.74 Å². The first-order valence-electron chi connectivity index (χ1n) is 5.99. The molecule has 1 rings (SSSR count). The van der Waals surface area contributed by atoms with Crippen LogP contribution in [0.2, 0.25) is 0 Å². The third-order valence-electron chi connectivity index (χ3n) is 2.46. The summed E-state index contributed by atoms with van der Waals surface area (Å²) in [7, 11) is 0. The second-order valence-electron chi connectivity index (χ2n) is 5.70. The molecule has 0 aliphatic carbocycles. The number of hydrogen-bond donors (Lipinski definition) is 0. The lowest BCUT2D eigenvalue weighted by atomic mass is 9.97. The number of carbonyl (C=O) groups excluding carboxylic acids is 2. The largest absolute Gasteiger partial charge is 0.448 e. The van der Waals surface area contributed by atoms with E-state index in [-0.39, 0.29) is 18.8 Å². The van der Waals surface area contributed by atoms with E-state index < -0.39 is 17.2 Å². The van der Waals surface area contributed by atoms with Crippen LogP contribution in [0.3, 0.4) is 0 Å². The highest BCUT2D eigenvalue weighted by molar-refractivity contribution is 6.17. The van der Waals surface area contributed by atoms with E-state index in [1.165, 1.54) is 4.90 Å². The number of likely N-dealkylation sites (tertiary alicyclic amines) is 1. The zero-order chi connectivity index (χ0) is 14.7. The second kappa shape index (κ2) is 5.96. The van der Waals surface area contributed by atoms with Crippen LogP contribution in [-0.4, -0.2) is 53.9 Å². The number of ether oxygens (including phenoxy) is 3. The van der Waals surface area contributed by atoms with Crippen LogP contribution in [0.15, 0.2) is 0 Å². The molecule has 0 aromatic rings. The number of alkyl halides is 1. The Morgan fingerprint density at radius 2 is 1.89 bits per heavy atom. The van der Waals surface area contributed by atoms with Crippen LogP contribution in [0.5, 0.6) is 0 Å². The number of nitrogens with zero attached hydrogens (tertiary/aromatic N) is 1. The Hall–Kier alpha value is -1.01. The van der Waals surface area contributed by atoms with Crippen molar-refractivity contribution in [2.75, 3.05) is 25.8 Å². The summed E-state index contributed by atoms with van der Waals surface area (Å²) < 4.78 is 15.2. The molecule has 1 amide bonds. The van der Waals surface area contributed by atoms with Gasteiger partial charge in [-0.1, -0.05) is 11.6 Å². The third-order valence-corrected chi connectivity index (χ3v) is 2.57. The Labute approximate surface area is 117 Å². The van der Waals surface area contributed by atoms with Crippen LogP contribution >= 0.6 is 11.6 Å². The fourth-order valence-electron chi connectivity index (χ4n) is 1.64. The number of carbonyl (C=O) groups is 2. The standard InChI is InChI=1S/C12H20ClNO5/c1-11(2,3)19-10(16)14-6-12(4,7-14)18-5-9(15)17-8-13/h5-8H2,1-4H3. The van der Waals surface area contributed by atoms with Gasteiger partial charge in [0.2, 0.25) is 0 Å². The SMILES string of the molecule is CC(C)(C)OC(=O)N1CC(C)(OCC(=O)OCCl)C1. The molecule has 0 spiro atoms. The summed E-state index contributed by atoms with van der Waals surface area (Å²) in [5.74, 6) is -0.521. The fourth-order valence-corrected chi connectivity index (χ4v) is 1.77. The smallest absolute Gasteiger partial charge is 0.410 e. The molecule has 0 radical (unpaired) electrons. The molecule has 1 fully saturated rings. The second-order valence-corrected chi connectivity index (χ2v) is 5.92. The van der Waals surface area contributed by atoms with Crippen LogP contribution in [0.4, 0.5) is 4.79 Å². The number of rotatable bonds is 4. The predicted octanol–water partition coefficient (Wildman–Crippen LogP) is 1.75.